The molecule has 4 atom stereocenters. The van der Waals surface area contributed by atoms with Gasteiger partial charge in [-0.25, -0.2) is 0 Å². The number of carbonyl (C=O) groups excluding carboxylic acids is 1. The quantitative estimate of drug-likeness (QED) is 0.0988. The molecule has 5 nitrogen and oxygen atoms in total. The lowest BCUT2D eigenvalue weighted by Crippen LogP contribution is -2.45. The fourth-order valence-electron chi connectivity index (χ4n) is 4.81. The molecule has 0 heterocycles. The Morgan fingerprint density at radius 1 is 0.690 bits per heavy atom. The highest BCUT2D eigenvalue weighted by Crippen LogP contribution is 2.34. The third-order valence-electron chi connectivity index (χ3n) is 7.04. The molecule has 0 saturated carbocycles. The van der Waals surface area contributed by atoms with E-state index in [0.717, 1.165) is 22.3 Å². The zero-order chi connectivity index (χ0) is 29.6. The maximum atomic E-state index is 12.8. The Morgan fingerprint density at radius 3 is 1.60 bits per heavy atom. The Kier molecular flexibility index (Phi) is 12.4. The summed E-state index contributed by atoms with van der Waals surface area (Å²) in [5.41, 5.74) is 3.91. The van der Waals surface area contributed by atoms with E-state index in [2.05, 4.69) is 6.58 Å². The second-order valence-corrected chi connectivity index (χ2v) is 10.4. The highest BCUT2D eigenvalue weighted by molar-refractivity contribution is 6.30. The van der Waals surface area contributed by atoms with E-state index in [9.17, 15) is 4.79 Å². The third-order valence-corrected chi connectivity index (χ3v) is 7.30. The number of halogens is 1. The molecule has 0 saturated heterocycles. The SMILES string of the molecule is C=C[C@H](OCc1ccccc1)[C@@H](OCc1ccccc1)[C@H](OCc1ccccc1)[C@@H](CC(=O)OC)c1ccc(Cl)cc1. The average Bonchev–Trinajstić information content (AvgIpc) is 3.04. The fourth-order valence-corrected chi connectivity index (χ4v) is 4.94. The molecule has 0 unspecified atom stereocenters. The predicted octanol–water partition coefficient (Wildman–Crippen LogP) is 7.93. The van der Waals surface area contributed by atoms with E-state index >= 15 is 0 Å². The third kappa shape index (κ3) is 9.40. The maximum absolute atomic E-state index is 12.8. The molecule has 6 heteroatoms. The minimum absolute atomic E-state index is 0.0747. The summed E-state index contributed by atoms with van der Waals surface area (Å²) >= 11 is 6.24. The predicted molar refractivity (Wildman–Crippen MR) is 166 cm³/mol. The number of rotatable bonds is 16. The summed E-state index contributed by atoms with van der Waals surface area (Å²) in [6.45, 7) is 5.09. The summed E-state index contributed by atoms with van der Waals surface area (Å²) in [5, 5.41) is 0.601. The van der Waals surface area contributed by atoms with Crippen LogP contribution in [0.25, 0.3) is 0 Å². The monoisotopic (exact) mass is 584 g/mol. The lowest BCUT2D eigenvalue weighted by Gasteiger charge is -2.37. The van der Waals surface area contributed by atoms with Gasteiger partial charge in [-0.05, 0) is 34.4 Å². The molecule has 0 N–H and O–H groups in total. The Hall–Kier alpha value is -3.74. The molecular weight excluding hydrogens is 548 g/mol. The number of hydrogen-bond acceptors (Lipinski definition) is 5. The average molecular weight is 585 g/mol. The van der Waals surface area contributed by atoms with E-state index in [1.807, 2.05) is 115 Å². The van der Waals surface area contributed by atoms with Gasteiger partial charge < -0.3 is 18.9 Å². The zero-order valence-electron chi connectivity index (χ0n) is 23.8. The lowest BCUT2D eigenvalue weighted by molar-refractivity contribution is -0.154. The van der Waals surface area contributed by atoms with Gasteiger partial charge in [-0.15, -0.1) is 6.58 Å². The van der Waals surface area contributed by atoms with Crippen molar-refractivity contribution in [3.8, 4) is 0 Å². The fraction of sp³-hybridized carbons (Fsp3) is 0.250. The Morgan fingerprint density at radius 2 is 1.14 bits per heavy atom. The van der Waals surface area contributed by atoms with Crippen LogP contribution in [0.1, 0.15) is 34.6 Å². The van der Waals surface area contributed by atoms with Gasteiger partial charge in [0.1, 0.15) is 12.2 Å². The molecule has 0 aliphatic rings. The molecule has 0 bridgehead atoms. The first-order valence-electron chi connectivity index (χ1n) is 14.0. The molecule has 0 fully saturated rings. The number of benzene rings is 4. The number of hydrogen-bond donors (Lipinski definition) is 0. The van der Waals surface area contributed by atoms with Crippen molar-refractivity contribution in [2.75, 3.05) is 7.11 Å². The molecule has 0 amide bonds. The van der Waals surface area contributed by atoms with Crippen LogP contribution in [-0.4, -0.2) is 31.4 Å². The minimum atomic E-state index is -0.625. The van der Waals surface area contributed by atoms with E-state index in [1.165, 1.54) is 7.11 Å². The van der Waals surface area contributed by atoms with Crippen molar-refractivity contribution in [3.05, 3.63) is 155 Å². The van der Waals surface area contributed by atoms with Crippen molar-refractivity contribution >= 4 is 17.6 Å². The van der Waals surface area contributed by atoms with Crippen molar-refractivity contribution in [2.24, 2.45) is 0 Å². The normalized spacial score (nSPS) is 14.0. The van der Waals surface area contributed by atoms with Gasteiger partial charge >= 0.3 is 5.97 Å². The van der Waals surface area contributed by atoms with Gasteiger partial charge in [0.2, 0.25) is 0 Å². The van der Waals surface area contributed by atoms with Crippen LogP contribution in [0.5, 0.6) is 0 Å². The minimum Gasteiger partial charge on any atom is -0.469 e. The summed E-state index contributed by atoms with van der Waals surface area (Å²) in [4.78, 5) is 12.8. The molecule has 0 aliphatic carbocycles. The molecule has 0 spiro atoms. The van der Waals surface area contributed by atoms with Gasteiger partial charge in [0, 0.05) is 10.9 Å². The van der Waals surface area contributed by atoms with Gasteiger partial charge in [-0.1, -0.05) is 121 Å². The molecule has 4 rings (SSSR count). The van der Waals surface area contributed by atoms with Gasteiger partial charge in [0.05, 0.1) is 39.5 Å². The van der Waals surface area contributed by atoms with Crippen LogP contribution in [0.15, 0.2) is 128 Å². The van der Waals surface area contributed by atoms with Gasteiger partial charge in [0.15, 0.2) is 0 Å². The largest absolute Gasteiger partial charge is 0.469 e. The summed E-state index contributed by atoms with van der Waals surface area (Å²) in [6.07, 6.45) is 0.0236. The van der Waals surface area contributed by atoms with Crippen molar-refractivity contribution in [1.82, 2.24) is 0 Å². The second kappa shape index (κ2) is 16.6. The van der Waals surface area contributed by atoms with E-state index in [0.29, 0.717) is 24.8 Å². The zero-order valence-corrected chi connectivity index (χ0v) is 24.6. The Labute approximate surface area is 253 Å². The lowest BCUT2D eigenvalue weighted by atomic mass is 9.85. The molecular formula is C36H37ClO5. The molecule has 4 aromatic rings. The summed E-state index contributed by atoms with van der Waals surface area (Å²) in [7, 11) is 1.39. The van der Waals surface area contributed by atoms with Crippen molar-refractivity contribution < 1.29 is 23.7 Å². The molecule has 0 radical (unpaired) electrons. The van der Waals surface area contributed by atoms with Crippen LogP contribution in [-0.2, 0) is 43.6 Å². The van der Waals surface area contributed by atoms with Crippen LogP contribution in [0.4, 0.5) is 0 Å². The summed E-state index contributed by atoms with van der Waals surface area (Å²) < 4.78 is 24.9. The van der Waals surface area contributed by atoms with Crippen molar-refractivity contribution in [2.45, 2.75) is 50.5 Å². The molecule has 0 aliphatic heterocycles. The van der Waals surface area contributed by atoms with Gasteiger partial charge in [-0.3, -0.25) is 4.79 Å². The number of esters is 1. The standard InChI is InChI=1S/C36H37ClO5/c1-3-33(40-24-27-13-7-4-8-14-27)36(42-26-29-17-11-6-12-18-29)35(41-25-28-15-9-5-10-16-28)32(23-34(38)39-2)30-19-21-31(37)22-20-30/h3-22,32-33,35-36H,1,23-26H2,2H3/t32-,33-,35+,36+/m0/s1. The second-order valence-electron chi connectivity index (χ2n) is 9.96. The summed E-state index contributed by atoms with van der Waals surface area (Å²) in [6, 6.07) is 37.2. The van der Waals surface area contributed by atoms with E-state index < -0.39 is 24.2 Å². The highest BCUT2D eigenvalue weighted by Gasteiger charge is 2.38. The van der Waals surface area contributed by atoms with Crippen molar-refractivity contribution in [3.63, 3.8) is 0 Å². The van der Waals surface area contributed by atoms with Crippen LogP contribution < -0.4 is 0 Å². The first-order chi connectivity index (χ1) is 20.6. The van der Waals surface area contributed by atoms with E-state index in [4.69, 9.17) is 30.5 Å². The first-order valence-corrected chi connectivity index (χ1v) is 14.4. The maximum Gasteiger partial charge on any atom is 0.306 e. The van der Waals surface area contributed by atoms with Crippen LogP contribution in [0, 0.1) is 0 Å². The van der Waals surface area contributed by atoms with E-state index in [1.54, 1.807) is 6.08 Å². The topological polar surface area (TPSA) is 54.0 Å². The van der Waals surface area contributed by atoms with Crippen LogP contribution >= 0.6 is 11.6 Å². The number of ether oxygens (including phenoxy) is 4. The van der Waals surface area contributed by atoms with Gasteiger partial charge in [0.25, 0.3) is 0 Å². The Balaban J connectivity index is 1.73. The highest BCUT2D eigenvalue weighted by atomic mass is 35.5. The smallest absolute Gasteiger partial charge is 0.306 e. The molecule has 42 heavy (non-hydrogen) atoms. The number of methoxy groups -OCH3 is 1. The van der Waals surface area contributed by atoms with Crippen LogP contribution in [0.3, 0.4) is 0 Å². The van der Waals surface area contributed by atoms with E-state index in [-0.39, 0.29) is 12.4 Å². The van der Waals surface area contributed by atoms with Crippen LogP contribution in [0.2, 0.25) is 5.02 Å². The summed E-state index contributed by atoms with van der Waals surface area (Å²) in [5.74, 6) is -0.785. The molecule has 4 aromatic carbocycles. The first kappa shape index (κ1) is 31.2. The number of carbonyl (C=O) groups is 1. The van der Waals surface area contributed by atoms with Crippen molar-refractivity contribution in [1.29, 1.82) is 0 Å². The molecule has 218 valence electrons. The van der Waals surface area contributed by atoms with Gasteiger partial charge in [-0.2, -0.15) is 0 Å². The molecule has 0 aromatic heterocycles. The Bertz CT molecular complexity index is 1350.